The van der Waals surface area contributed by atoms with Crippen molar-refractivity contribution in [3.63, 3.8) is 0 Å². The molecule has 2 rings (SSSR count). The molecule has 1 aromatic rings. The van der Waals surface area contributed by atoms with Gasteiger partial charge in [-0.1, -0.05) is 45.9 Å². The molecule has 0 aliphatic carbocycles. The predicted molar refractivity (Wildman–Crippen MR) is 85.3 cm³/mol. The standard InChI is InChI=1S/C18H29NO/c1-13(2)10-19-11-15(4)14(3)9-16-12-20-18-8-6-5-7-17(16)18/h5-8,13-16,19H,9-12H2,1-4H3. The summed E-state index contributed by atoms with van der Waals surface area (Å²) in [5.41, 5.74) is 1.40. The van der Waals surface area contributed by atoms with Crippen LogP contribution in [0.3, 0.4) is 0 Å². The third kappa shape index (κ3) is 3.99. The largest absolute Gasteiger partial charge is 0.493 e. The third-order valence-electron chi connectivity index (χ3n) is 4.45. The van der Waals surface area contributed by atoms with Crippen molar-refractivity contribution in [2.75, 3.05) is 19.7 Å². The fraction of sp³-hybridized carbons (Fsp3) is 0.667. The molecule has 0 fully saturated rings. The van der Waals surface area contributed by atoms with E-state index in [-0.39, 0.29) is 0 Å². The first-order valence-electron chi connectivity index (χ1n) is 8.00. The van der Waals surface area contributed by atoms with Crippen LogP contribution in [0, 0.1) is 17.8 Å². The van der Waals surface area contributed by atoms with Crippen molar-refractivity contribution in [3.05, 3.63) is 29.8 Å². The van der Waals surface area contributed by atoms with Crippen molar-refractivity contribution >= 4 is 0 Å². The second-order valence-electron chi connectivity index (χ2n) is 6.79. The van der Waals surface area contributed by atoms with Gasteiger partial charge in [0.1, 0.15) is 5.75 Å². The second-order valence-corrected chi connectivity index (χ2v) is 6.79. The van der Waals surface area contributed by atoms with Crippen LogP contribution in [0.2, 0.25) is 0 Å². The minimum Gasteiger partial charge on any atom is -0.493 e. The number of fused-ring (bicyclic) bond motifs is 1. The van der Waals surface area contributed by atoms with E-state index >= 15 is 0 Å². The summed E-state index contributed by atoms with van der Waals surface area (Å²) in [6, 6.07) is 8.50. The molecule has 1 aliphatic heterocycles. The van der Waals surface area contributed by atoms with Gasteiger partial charge in [0.2, 0.25) is 0 Å². The highest BCUT2D eigenvalue weighted by atomic mass is 16.5. The Labute approximate surface area is 123 Å². The molecule has 0 spiro atoms. The minimum atomic E-state index is 0.578. The van der Waals surface area contributed by atoms with Gasteiger partial charge in [-0.05, 0) is 43.3 Å². The molecule has 0 saturated carbocycles. The molecule has 0 saturated heterocycles. The Hall–Kier alpha value is -1.02. The van der Waals surface area contributed by atoms with Crippen molar-refractivity contribution in [1.29, 1.82) is 0 Å². The highest BCUT2D eigenvalue weighted by Crippen LogP contribution is 2.38. The van der Waals surface area contributed by atoms with E-state index in [1.807, 2.05) is 0 Å². The van der Waals surface area contributed by atoms with Crippen molar-refractivity contribution < 1.29 is 4.74 Å². The fourth-order valence-corrected chi connectivity index (χ4v) is 2.91. The summed E-state index contributed by atoms with van der Waals surface area (Å²) < 4.78 is 5.79. The molecule has 2 heteroatoms. The lowest BCUT2D eigenvalue weighted by Crippen LogP contribution is -2.28. The molecule has 112 valence electrons. The highest BCUT2D eigenvalue weighted by molar-refractivity contribution is 5.39. The normalized spacial score (nSPS) is 20.6. The lowest BCUT2D eigenvalue weighted by atomic mass is 9.84. The van der Waals surface area contributed by atoms with Crippen LogP contribution in [-0.4, -0.2) is 19.7 Å². The Morgan fingerprint density at radius 3 is 2.60 bits per heavy atom. The van der Waals surface area contributed by atoms with E-state index < -0.39 is 0 Å². The summed E-state index contributed by atoms with van der Waals surface area (Å²) >= 11 is 0. The summed E-state index contributed by atoms with van der Waals surface area (Å²) in [6.07, 6.45) is 1.22. The number of hydrogen-bond donors (Lipinski definition) is 1. The third-order valence-corrected chi connectivity index (χ3v) is 4.45. The van der Waals surface area contributed by atoms with Crippen LogP contribution in [0.1, 0.15) is 45.6 Å². The molecule has 0 aromatic heterocycles. The van der Waals surface area contributed by atoms with Crippen LogP contribution in [0.5, 0.6) is 5.75 Å². The van der Waals surface area contributed by atoms with Crippen molar-refractivity contribution in [2.45, 2.75) is 40.0 Å². The fourth-order valence-electron chi connectivity index (χ4n) is 2.91. The molecule has 2 nitrogen and oxygen atoms in total. The van der Waals surface area contributed by atoms with Crippen LogP contribution < -0.4 is 10.1 Å². The van der Waals surface area contributed by atoms with Gasteiger partial charge in [0.05, 0.1) is 6.61 Å². The zero-order chi connectivity index (χ0) is 14.5. The number of benzene rings is 1. The van der Waals surface area contributed by atoms with Gasteiger partial charge >= 0.3 is 0 Å². The average Bonchev–Trinajstić information content (AvgIpc) is 2.81. The maximum Gasteiger partial charge on any atom is 0.122 e. The van der Waals surface area contributed by atoms with Crippen molar-refractivity contribution in [1.82, 2.24) is 5.32 Å². The molecule has 3 unspecified atom stereocenters. The van der Waals surface area contributed by atoms with Crippen molar-refractivity contribution in [3.8, 4) is 5.75 Å². The van der Waals surface area contributed by atoms with E-state index in [1.165, 1.54) is 12.0 Å². The van der Waals surface area contributed by atoms with E-state index in [1.54, 1.807) is 0 Å². The summed E-state index contributed by atoms with van der Waals surface area (Å²) in [4.78, 5) is 0. The smallest absolute Gasteiger partial charge is 0.122 e. The topological polar surface area (TPSA) is 21.3 Å². The zero-order valence-electron chi connectivity index (χ0n) is 13.4. The highest BCUT2D eigenvalue weighted by Gasteiger charge is 2.26. The Balaban J connectivity index is 1.81. The maximum atomic E-state index is 5.79. The lowest BCUT2D eigenvalue weighted by molar-refractivity contribution is 0.277. The van der Waals surface area contributed by atoms with Gasteiger partial charge in [-0.3, -0.25) is 0 Å². The molecular weight excluding hydrogens is 246 g/mol. The van der Waals surface area contributed by atoms with Gasteiger partial charge in [0.15, 0.2) is 0 Å². The molecule has 3 atom stereocenters. The predicted octanol–water partition coefficient (Wildman–Crippen LogP) is 4.07. The average molecular weight is 275 g/mol. The minimum absolute atomic E-state index is 0.578. The Bertz CT molecular complexity index is 416. The zero-order valence-corrected chi connectivity index (χ0v) is 13.4. The van der Waals surface area contributed by atoms with Gasteiger partial charge in [0.25, 0.3) is 0 Å². The van der Waals surface area contributed by atoms with Crippen molar-refractivity contribution in [2.24, 2.45) is 17.8 Å². The Morgan fingerprint density at radius 2 is 1.85 bits per heavy atom. The number of para-hydroxylation sites is 1. The van der Waals surface area contributed by atoms with Crippen LogP contribution in [0.4, 0.5) is 0 Å². The van der Waals surface area contributed by atoms with E-state index in [0.29, 0.717) is 11.8 Å². The SMILES string of the molecule is CC(C)CNCC(C)C(C)CC1COc2ccccc21. The Kier molecular flexibility index (Phi) is 5.47. The Morgan fingerprint density at radius 1 is 1.10 bits per heavy atom. The van der Waals surface area contributed by atoms with Gasteiger partial charge < -0.3 is 10.1 Å². The summed E-state index contributed by atoms with van der Waals surface area (Å²) in [5, 5.41) is 3.58. The molecule has 1 heterocycles. The molecular formula is C18H29NO. The number of rotatable bonds is 7. The number of hydrogen-bond acceptors (Lipinski definition) is 2. The molecule has 0 radical (unpaired) electrons. The summed E-state index contributed by atoms with van der Waals surface area (Å²) in [7, 11) is 0. The molecule has 1 aliphatic rings. The molecule has 1 N–H and O–H groups in total. The van der Waals surface area contributed by atoms with Crippen LogP contribution in [0.15, 0.2) is 24.3 Å². The monoisotopic (exact) mass is 275 g/mol. The second kappa shape index (κ2) is 7.12. The first-order valence-corrected chi connectivity index (χ1v) is 8.00. The van der Waals surface area contributed by atoms with Crippen LogP contribution >= 0.6 is 0 Å². The molecule has 0 bridgehead atoms. The summed E-state index contributed by atoms with van der Waals surface area (Å²) in [6.45, 7) is 12.3. The van der Waals surface area contributed by atoms with Gasteiger partial charge in [-0.2, -0.15) is 0 Å². The van der Waals surface area contributed by atoms with E-state index in [0.717, 1.165) is 37.3 Å². The van der Waals surface area contributed by atoms with E-state index in [9.17, 15) is 0 Å². The lowest BCUT2D eigenvalue weighted by Gasteiger charge is -2.23. The number of nitrogens with one attached hydrogen (secondary N) is 1. The molecule has 20 heavy (non-hydrogen) atoms. The van der Waals surface area contributed by atoms with Gasteiger partial charge in [0, 0.05) is 11.5 Å². The van der Waals surface area contributed by atoms with E-state index in [2.05, 4.69) is 57.3 Å². The molecule has 0 amide bonds. The quantitative estimate of drug-likeness (QED) is 0.810. The van der Waals surface area contributed by atoms with Crippen LogP contribution in [0.25, 0.3) is 0 Å². The number of ether oxygens (including phenoxy) is 1. The van der Waals surface area contributed by atoms with Crippen LogP contribution in [-0.2, 0) is 0 Å². The van der Waals surface area contributed by atoms with Gasteiger partial charge in [-0.15, -0.1) is 0 Å². The van der Waals surface area contributed by atoms with E-state index in [4.69, 9.17) is 4.74 Å². The first kappa shape index (κ1) is 15.4. The maximum absolute atomic E-state index is 5.79. The summed E-state index contributed by atoms with van der Waals surface area (Å²) in [5.74, 6) is 3.83. The molecule has 1 aromatic carbocycles. The van der Waals surface area contributed by atoms with Gasteiger partial charge in [-0.25, -0.2) is 0 Å². The first-order chi connectivity index (χ1) is 9.58.